The van der Waals surface area contributed by atoms with E-state index in [9.17, 15) is 4.79 Å². The number of carbonyl (C=O) groups is 1. The highest BCUT2D eigenvalue weighted by Crippen LogP contribution is 2.12. The molecule has 0 saturated heterocycles. The van der Waals surface area contributed by atoms with Crippen LogP contribution in [0.5, 0.6) is 0 Å². The number of carbonyl (C=O) groups excluding carboxylic acids is 1. The van der Waals surface area contributed by atoms with Crippen LogP contribution in [0.2, 0.25) is 0 Å². The molecular weight excluding hydrogens is 150 g/mol. The molecule has 0 rings (SSSR count). The van der Waals surface area contributed by atoms with E-state index in [-0.39, 0.29) is 5.92 Å². The van der Waals surface area contributed by atoms with Crippen molar-refractivity contribution in [2.24, 2.45) is 17.6 Å². The smallest absolute Gasteiger partial charge is 0.135 e. The minimum atomic E-state index is 0.205. The average molecular weight is 171 g/mol. The van der Waals surface area contributed by atoms with Crippen molar-refractivity contribution in [2.45, 2.75) is 40.0 Å². The first-order chi connectivity index (χ1) is 5.57. The fraction of sp³-hybridized carbons (Fsp3) is 0.900. The van der Waals surface area contributed by atoms with Crippen LogP contribution in [0.1, 0.15) is 40.0 Å². The van der Waals surface area contributed by atoms with Crippen molar-refractivity contribution < 1.29 is 4.79 Å². The molecule has 0 heterocycles. The second-order valence-corrected chi connectivity index (χ2v) is 3.90. The summed E-state index contributed by atoms with van der Waals surface area (Å²) >= 11 is 0. The topological polar surface area (TPSA) is 43.1 Å². The average Bonchev–Trinajstić information content (AvgIpc) is 1.98. The summed E-state index contributed by atoms with van der Waals surface area (Å²) in [5.41, 5.74) is 5.37. The van der Waals surface area contributed by atoms with E-state index in [1.807, 2.05) is 6.92 Å². The normalized spacial score (nSPS) is 13.4. The fourth-order valence-corrected chi connectivity index (χ4v) is 1.19. The largest absolute Gasteiger partial charge is 0.330 e. The zero-order chi connectivity index (χ0) is 9.56. The van der Waals surface area contributed by atoms with E-state index >= 15 is 0 Å². The number of nitrogens with two attached hydrogens (primary N) is 1. The van der Waals surface area contributed by atoms with Gasteiger partial charge in [0.15, 0.2) is 0 Å². The Balaban J connectivity index is 3.61. The van der Waals surface area contributed by atoms with Crippen molar-refractivity contribution in [3.8, 4) is 0 Å². The molecule has 0 aromatic carbocycles. The molecule has 0 aromatic heterocycles. The SMILES string of the molecule is CC(C)CC(=O)C(C)CCCN. The maximum atomic E-state index is 11.4. The summed E-state index contributed by atoms with van der Waals surface area (Å²) in [6, 6.07) is 0. The predicted molar refractivity (Wildman–Crippen MR) is 51.9 cm³/mol. The molecule has 0 bridgehead atoms. The van der Waals surface area contributed by atoms with Crippen LogP contribution >= 0.6 is 0 Å². The lowest BCUT2D eigenvalue weighted by atomic mass is 9.94. The Hall–Kier alpha value is -0.370. The Kier molecular flexibility index (Phi) is 5.99. The molecule has 0 spiro atoms. The van der Waals surface area contributed by atoms with Crippen LogP contribution in [0.4, 0.5) is 0 Å². The number of hydrogen-bond donors (Lipinski definition) is 1. The van der Waals surface area contributed by atoms with Crippen molar-refractivity contribution in [1.82, 2.24) is 0 Å². The molecular formula is C10H21NO. The van der Waals surface area contributed by atoms with Crippen LogP contribution in [0.3, 0.4) is 0 Å². The molecule has 0 amide bonds. The third kappa shape index (κ3) is 5.30. The second-order valence-electron chi connectivity index (χ2n) is 3.90. The van der Waals surface area contributed by atoms with Gasteiger partial charge in [0.25, 0.3) is 0 Å². The van der Waals surface area contributed by atoms with E-state index in [2.05, 4.69) is 13.8 Å². The van der Waals surface area contributed by atoms with Gasteiger partial charge in [-0.1, -0.05) is 20.8 Å². The summed E-state index contributed by atoms with van der Waals surface area (Å²) in [6.07, 6.45) is 2.62. The number of ketones is 1. The molecule has 0 aromatic rings. The molecule has 0 aliphatic rings. The summed E-state index contributed by atoms with van der Waals surface area (Å²) in [6.45, 7) is 6.85. The van der Waals surface area contributed by atoms with Gasteiger partial charge >= 0.3 is 0 Å². The van der Waals surface area contributed by atoms with E-state index in [0.29, 0.717) is 24.7 Å². The summed E-state index contributed by atoms with van der Waals surface area (Å²) < 4.78 is 0. The first-order valence-corrected chi connectivity index (χ1v) is 4.80. The number of hydrogen-bond acceptors (Lipinski definition) is 2. The third-order valence-electron chi connectivity index (χ3n) is 2.00. The van der Waals surface area contributed by atoms with Gasteiger partial charge in [0.1, 0.15) is 5.78 Å². The maximum absolute atomic E-state index is 11.4. The van der Waals surface area contributed by atoms with Crippen molar-refractivity contribution in [3.05, 3.63) is 0 Å². The molecule has 2 heteroatoms. The van der Waals surface area contributed by atoms with Crippen molar-refractivity contribution in [1.29, 1.82) is 0 Å². The highest BCUT2D eigenvalue weighted by molar-refractivity contribution is 5.80. The van der Waals surface area contributed by atoms with E-state index in [1.54, 1.807) is 0 Å². The minimum absolute atomic E-state index is 0.205. The molecule has 0 radical (unpaired) electrons. The van der Waals surface area contributed by atoms with Gasteiger partial charge in [-0.25, -0.2) is 0 Å². The van der Waals surface area contributed by atoms with Crippen LogP contribution in [-0.4, -0.2) is 12.3 Å². The summed E-state index contributed by atoms with van der Waals surface area (Å²) in [4.78, 5) is 11.4. The number of Topliss-reactive ketones (excluding diaryl/α,β-unsaturated/α-hetero) is 1. The van der Waals surface area contributed by atoms with Gasteiger partial charge < -0.3 is 5.73 Å². The molecule has 0 saturated carbocycles. The predicted octanol–water partition coefficient (Wildman–Crippen LogP) is 1.98. The second kappa shape index (κ2) is 6.18. The lowest BCUT2D eigenvalue weighted by molar-refractivity contribution is -0.123. The lowest BCUT2D eigenvalue weighted by Gasteiger charge is -2.10. The molecule has 1 unspecified atom stereocenters. The van der Waals surface area contributed by atoms with Crippen molar-refractivity contribution in [3.63, 3.8) is 0 Å². The molecule has 0 fully saturated rings. The van der Waals surface area contributed by atoms with E-state index in [4.69, 9.17) is 5.73 Å². The van der Waals surface area contributed by atoms with E-state index < -0.39 is 0 Å². The standard InChI is InChI=1S/C10H21NO/c1-8(2)7-10(12)9(3)5-4-6-11/h8-9H,4-7,11H2,1-3H3. The van der Waals surface area contributed by atoms with E-state index in [0.717, 1.165) is 12.8 Å². The molecule has 72 valence electrons. The molecule has 1 atom stereocenters. The highest BCUT2D eigenvalue weighted by Gasteiger charge is 2.12. The van der Waals surface area contributed by atoms with Crippen LogP contribution in [0.25, 0.3) is 0 Å². The van der Waals surface area contributed by atoms with Crippen LogP contribution in [0.15, 0.2) is 0 Å². The van der Waals surface area contributed by atoms with Crippen molar-refractivity contribution >= 4 is 5.78 Å². The van der Waals surface area contributed by atoms with Gasteiger partial charge in [-0.3, -0.25) is 4.79 Å². The minimum Gasteiger partial charge on any atom is -0.330 e. The first-order valence-electron chi connectivity index (χ1n) is 4.80. The summed E-state index contributed by atoms with van der Waals surface area (Å²) in [5, 5.41) is 0. The molecule has 2 N–H and O–H groups in total. The molecule has 12 heavy (non-hydrogen) atoms. The fourth-order valence-electron chi connectivity index (χ4n) is 1.19. The molecule has 0 aliphatic carbocycles. The first kappa shape index (κ1) is 11.6. The maximum Gasteiger partial charge on any atom is 0.135 e. The van der Waals surface area contributed by atoms with Gasteiger partial charge in [0.05, 0.1) is 0 Å². The quantitative estimate of drug-likeness (QED) is 0.664. The van der Waals surface area contributed by atoms with Crippen LogP contribution in [0, 0.1) is 11.8 Å². The zero-order valence-electron chi connectivity index (χ0n) is 8.47. The van der Waals surface area contributed by atoms with Crippen molar-refractivity contribution in [2.75, 3.05) is 6.54 Å². The lowest BCUT2D eigenvalue weighted by Crippen LogP contribution is -2.14. The van der Waals surface area contributed by atoms with Gasteiger partial charge in [-0.2, -0.15) is 0 Å². The molecule has 2 nitrogen and oxygen atoms in total. The Bertz CT molecular complexity index is 132. The monoisotopic (exact) mass is 171 g/mol. The van der Waals surface area contributed by atoms with Gasteiger partial charge in [-0.15, -0.1) is 0 Å². The number of rotatable bonds is 6. The third-order valence-corrected chi connectivity index (χ3v) is 2.00. The van der Waals surface area contributed by atoms with Gasteiger partial charge in [0, 0.05) is 12.3 Å². The Labute approximate surface area is 75.5 Å². The van der Waals surface area contributed by atoms with E-state index in [1.165, 1.54) is 0 Å². The van der Waals surface area contributed by atoms with Crippen LogP contribution < -0.4 is 5.73 Å². The van der Waals surface area contributed by atoms with Gasteiger partial charge in [0.2, 0.25) is 0 Å². The van der Waals surface area contributed by atoms with Gasteiger partial charge in [-0.05, 0) is 25.3 Å². The Morgan fingerprint density at radius 3 is 2.33 bits per heavy atom. The Morgan fingerprint density at radius 1 is 1.33 bits per heavy atom. The molecule has 0 aliphatic heterocycles. The highest BCUT2D eigenvalue weighted by atomic mass is 16.1. The summed E-state index contributed by atoms with van der Waals surface area (Å²) in [7, 11) is 0. The van der Waals surface area contributed by atoms with Crippen LogP contribution in [-0.2, 0) is 4.79 Å². The zero-order valence-corrected chi connectivity index (χ0v) is 8.47. The summed E-state index contributed by atoms with van der Waals surface area (Å²) in [5.74, 6) is 1.08. The Morgan fingerprint density at radius 2 is 1.92 bits per heavy atom.